The van der Waals surface area contributed by atoms with E-state index in [0.29, 0.717) is 0 Å². The summed E-state index contributed by atoms with van der Waals surface area (Å²) in [5, 5.41) is 33.8. The molecule has 2 heterocycles. The van der Waals surface area contributed by atoms with Crippen molar-refractivity contribution < 1.29 is 39.5 Å². The summed E-state index contributed by atoms with van der Waals surface area (Å²) in [6, 6.07) is 7.87. The number of hydrogen-bond donors (Lipinski definition) is 4. The molecule has 40 heavy (non-hydrogen) atoms. The quantitative estimate of drug-likeness (QED) is 0.282. The van der Waals surface area contributed by atoms with Crippen molar-refractivity contribution in [2.45, 2.75) is 51.7 Å². The van der Waals surface area contributed by atoms with Crippen LogP contribution in [0.5, 0.6) is 5.75 Å². The van der Waals surface area contributed by atoms with Crippen LogP contribution in [0.2, 0.25) is 0 Å². The molecule has 3 rings (SSSR count). The molecule has 1 aromatic carbocycles. The van der Waals surface area contributed by atoms with E-state index in [1.807, 2.05) is 36.7 Å². The second kappa shape index (κ2) is 15.8. The molecular weight excluding hydrogens is 520 g/mol. The van der Waals surface area contributed by atoms with E-state index in [2.05, 4.69) is 33.6 Å². The van der Waals surface area contributed by atoms with E-state index >= 15 is 0 Å². The van der Waals surface area contributed by atoms with Gasteiger partial charge in [0.25, 0.3) is 0 Å². The number of piperidine rings is 1. The van der Waals surface area contributed by atoms with Crippen LogP contribution in [0.3, 0.4) is 0 Å². The molecule has 1 unspecified atom stereocenters. The molecule has 0 aliphatic carbocycles. The highest BCUT2D eigenvalue weighted by Gasteiger charge is 2.40. The minimum Gasteiger partial charge on any atom is -0.497 e. The van der Waals surface area contributed by atoms with Crippen LogP contribution in [-0.4, -0.2) is 104 Å². The van der Waals surface area contributed by atoms with Gasteiger partial charge in [-0.3, -0.25) is 14.5 Å². The molecule has 0 bridgehead atoms. The van der Waals surface area contributed by atoms with Gasteiger partial charge in [-0.05, 0) is 62.7 Å². The number of aliphatic hydroxyl groups is 1. The summed E-state index contributed by atoms with van der Waals surface area (Å²) in [6.45, 7) is 11.3. The van der Waals surface area contributed by atoms with Crippen molar-refractivity contribution >= 4 is 17.9 Å². The Morgan fingerprint density at radius 1 is 1.02 bits per heavy atom. The van der Waals surface area contributed by atoms with Gasteiger partial charge in [-0.1, -0.05) is 13.8 Å². The Hall–Kier alpha value is -3.61. The van der Waals surface area contributed by atoms with Gasteiger partial charge in [0.1, 0.15) is 5.75 Å². The average Bonchev–Trinajstić information content (AvgIpc) is 2.92. The van der Waals surface area contributed by atoms with E-state index in [4.69, 9.17) is 25.2 Å². The van der Waals surface area contributed by atoms with E-state index in [9.17, 15) is 14.4 Å². The molecule has 1 atom stereocenters. The fourth-order valence-electron chi connectivity index (χ4n) is 4.59. The van der Waals surface area contributed by atoms with E-state index in [-0.39, 0.29) is 0 Å². The number of aromatic nitrogens is 2. The van der Waals surface area contributed by atoms with Crippen LogP contribution in [0.15, 0.2) is 36.7 Å². The summed E-state index contributed by atoms with van der Waals surface area (Å²) >= 11 is 0. The highest BCUT2D eigenvalue weighted by atomic mass is 16.5. The number of carboxylic acids is 3. The van der Waals surface area contributed by atoms with E-state index in [0.717, 1.165) is 42.7 Å². The number of carbonyl (C=O) groups is 3. The number of carboxylic acid groups (broad SMARTS) is 3. The largest absolute Gasteiger partial charge is 0.497 e. The van der Waals surface area contributed by atoms with E-state index < -0.39 is 36.4 Å². The zero-order valence-electron chi connectivity index (χ0n) is 23.3. The first kappa shape index (κ1) is 32.6. The minimum atomic E-state index is -2.74. The van der Waals surface area contributed by atoms with Crippen molar-refractivity contribution in [1.29, 1.82) is 0 Å². The summed E-state index contributed by atoms with van der Waals surface area (Å²) in [4.78, 5) is 44.7. The smallest absolute Gasteiger partial charge is 0.336 e. The van der Waals surface area contributed by atoms with Gasteiger partial charge >= 0.3 is 17.9 Å². The molecule has 1 aromatic heterocycles. The maximum atomic E-state index is 10.3. The van der Waals surface area contributed by atoms with Crippen LogP contribution in [0.1, 0.15) is 45.1 Å². The Morgan fingerprint density at radius 2 is 1.60 bits per heavy atom. The molecule has 0 saturated carbocycles. The topological polar surface area (TPSA) is 174 Å². The lowest BCUT2D eigenvalue weighted by Gasteiger charge is -2.35. The zero-order chi connectivity index (χ0) is 29.7. The number of benzene rings is 1. The molecule has 1 fully saturated rings. The number of ether oxygens (including phenoxy) is 1. The van der Waals surface area contributed by atoms with Crippen molar-refractivity contribution in [2.75, 3.05) is 39.8 Å². The summed E-state index contributed by atoms with van der Waals surface area (Å²) in [5.74, 6) is -2.63. The monoisotopic (exact) mass is 560 g/mol. The predicted octanol–water partition coefficient (Wildman–Crippen LogP) is 2.46. The number of aliphatic carboxylic acids is 3. The maximum absolute atomic E-state index is 10.3. The van der Waals surface area contributed by atoms with Crippen molar-refractivity contribution in [3.63, 3.8) is 0 Å². The lowest BCUT2D eigenvalue weighted by molar-refractivity contribution is -0.170. The van der Waals surface area contributed by atoms with Crippen LogP contribution < -0.4 is 4.74 Å². The SMILES string of the molecule is CCN(CC)CC1CCCN(Cc2cnc(-c3ccc(OC)cc3)nc2)C1.O=C(O)CC(O)(CC(=O)O)C(=O)O. The Morgan fingerprint density at radius 3 is 2.08 bits per heavy atom. The average molecular weight is 561 g/mol. The Labute approximate surface area is 234 Å². The predicted molar refractivity (Wildman–Crippen MR) is 147 cm³/mol. The van der Waals surface area contributed by atoms with Crippen molar-refractivity contribution in [3.8, 4) is 17.1 Å². The van der Waals surface area contributed by atoms with Gasteiger partial charge in [-0.2, -0.15) is 0 Å². The van der Waals surface area contributed by atoms with E-state index in [1.54, 1.807) is 7.11 Å². The first-order chi connectivity index (χ1) is 19.0. The van der Waals surface area contributed by atoms with E-state index in [1.165, 1.54) is 38.0 Å². The Balaban J connectivity index is 0.000000366. The zero-order valence-corrected chi connectivity index (χ0v) is 23.3. The number of methoxy groups -OCH3 is 1. The molecule has 1 aliphatic rings. The third kappa shape index (κ3) is 10.5. The van der Waals surface area contributed by atoms with Crippen LogP contribution in [-0.2, 0) is 20.9 Å². The second-order valence-corrected chi connectivity index (χ2v) is 9.85. The van der Waals surface area contributed by atoms with Gasteiger partial charge in [-0.25, -0.2) is 14.8 Å². The van der Waals surface area contributed by atoms with Crippen LogP contribution >= 0.6 is 0 Å². The standard InChI is InChI=1S/C22H32N4O.C6H8O7/c1-4-25(5-2)15-18-7-6-12-26(16-18)17-19-13-23-22(24-14-19)20-8-10-21(27-3)11-9-20;7-3(8)1-6(13,5(11)12)2-4(9)10/h8-11,13-14,18H,4-7,12,15-17H2,1-3H3;13H,1-2H2,(H,7,8)(H,9,10)(H,11,12). The number of rotatable bonds is 13. The van der Waals surface area contributed by atoms with Crippen LogP contribution in [0, 0.1) is 5.92 Å². The van der Waals surface area contributed by atoms with Crippen molar-refractivity contribution in [1.82, 2.24) is 19.8 Å². The highest BCUT2D eigenvalue weighted by Crippen LogP contribution is 2.21. The van der Waals surface area contributed by atoms with Gasteiger partial charge in [0.15, 0.2) is 11.4 Å². The third-order valence-electron chi connectivity index (χ3n) is 6.76. The molecule has 0 amide bonds. The fraction of sp³-hybridized carbons (Fsp3) is 0.536. The molecular formula is C28H40N4O8. The number of likely N-dealkylation sites (tertiary alicyclic amines) is 1. The molecule has 4 N–H and O–H groups in total. The second-order valence-electron chi connectivity index (χ2n) is 9.85. The number of hydrogen-bond acceptors (Lipinski definition) is 9. The van der Waals surface area contributed by atoms with Crippen molar-refractivity contribution in [3.05, 3.63) is 42.2 Å². The summed E-state index contributed by atoms with van der Waals surface area (Å²) < 4.78 is 5.21. The third-order valence-corrected chi connectivity index (χ3v) is 6.76. The molecule has 2 aromatic rings. The summed E-state index contributed by atoms with van der Waals surface area (Å²) in [6.07, 6.45) is 4.29. The van der Waals surface area contributed by atoms with Gasteiger partial charge in [0.2, 0.25) is 0 Å². The molecule has 1 saturated heterocycles. The lowest BCUT2D eigenvalue weighted by Crippen LogP contribution is -2.42. The summed E-state index contributed by atoms with van der Waals surface area (Å²) in [7, 11) is 1.67. The van der Waals surface area contributed by atoms with Crippen LogP contribution in [0.25, 0.3) is 11.4 Å². The van der Waals surface area contributed by atoms with Gasteiger partial charge in [-0.15, -0.1) is 0 Å². The lowest BCUT2D eigenvalue weighted by atomic mass is 9.96. The first-order valence-corrected chi connectivity index (χ1v) is 13.3. The van der Waals surface area contributed by atoms with Gasteiger partial charge in [0, 0.05) is 43.2 Å². The van der Waals surface area contributed by atoms with Crippen LogP contribution in [0.4, 0.5) is 0 Å². The molecule has 0 spiro atoms. The van der Waals surface area contributed by atoms with Crippen molar-refractivity contribution in [2.24, 2.45) is 5.92 Å². The molecule has 220 valence electrons. The highest BCUT2D eigenvalue weighted by molar-refractivity contribution is 5.88. The fourth-order valence-corrected chi connectivity index (χ4v) is 4.59. The first-order valence-electron chi connectivity index (χ1n) is 13.3. The molecule has 12 nitrogen and oxygen atoms in total. The Kier molecular flexibility index (Phi) is 12.9. The normalized spacial score (nSPS) is 15.7. The molecule has 0 radical (unpaired) electrons. The maximum Gasteiger partial charge on any atom is 0.336 e. The minimum absolute atomic E-state index is 0.763. The van der Waals surface area contributed by atoms with Gasteiger partial charge in [0.05, 0.1) is 20.0 Å². The van der Waals surface area contributed by atoms with Gasteiger partial charge < -0.3 is 30.1 Å². The molecule has 1 aliphatic heterocycles. The molecule has 12 heteroatoms. The Bertz CT molecular complexity index is 1070. The summed E-state index contributed by atoms with van der Waals surface area (Å²) in [5.41, 5.74) is -0.534. The number of nitrogens with zero attached hydrogens (tertiary/aromatic N) is 4.